The van der Waals surface area contributed by atoms with Gasteiger partial charge in [0, 0.05) is 120 Å². The molecule has 0 spiro atoms. The normalized spacial score (nSPS) is 14.3. The number of nitrogens with zero attached hydrogens (tertiary/aromatic N) is 5. The lowest BCUT2D eigenvalue weighted by Gasteiger charge is -2.38. The zero-order valence-electron chi connectivity index (χ0n) is 77.5. The van der Waals surface area contributed by atoms with Gasteiger partial charge in [-0.2, -0.15) is 0 Å². The Balaban J connectivity index is 0.954. The van der Waals surface area contributed by atoms with E-state index in [1.165, 1.54) is 108 Å². The summed E-state index contributed by atoms with van der Waals surface area (Å²) in [5, 5.41) is 60.8. The molecule has 0 unspecified atom stereocenters. The fourth-order valence-corrected chi connectivity index (χ4v) is 15.7. The van der Waals surface area contributed by atoms with E-state index >= 15 is 0 Å². The van der Waals surface area contributed by atoms with Crippen molar-refractivity contribution in [1.82, 2.24) is 93.2 Å². The highest BCUT2D eigenvalue weighted by molar-refractivity contribution is 5.99. The summed E-state index contributed by atoms with van der Waals surface area (Å²) >= 11 is 0. The monoisotopic (exact) mass is 1850 g/mol. The summed E-state index contributed by atoms with van der Waals surface area (Å²) in [5.74, 6) is -11.5. The van der Waals surface area contributed by atoms with Crippen LogP contribution < -0.4 is 91.5 Å². The van der Waals surface area contributed by atoms with Crippen molar-refractivity contribution in [3.8, 4) is 5.75 Å². The number of aromatic amines is 2. The third-order valence-electron chi connectivity index (χ3n) is 23.6. The summed E-state index contributed by atoms with van der Waals surface area (Å²) in [6, 6.07) is 5.87. The van der Waals surface area contributed by atoms with Gasteiger partial charge in [-0.15, -0.1) is 0 Å². The van der Waals surface area contributed by atoms with Crippen LogP contribution in [0.25, 0.3) is 21.8 Å². The summed E-state index contributed by atoms with van der Waals surface area (Å²) in [7, 11) is 1.38. The number of aliphatic carboxylic acids is 1. The lowest BCUT2D eigenvalue weighted by molar-refractivity contribution is -0.142. The molecule has 0 bridgehead atoms. The molecule has 4 heterocycles. The van der Waals surface area contributed by atoms with Crippen molar-refractivity contribution in [2.24, 2.45) is 29.0 Å². The van der Waals surface area contributed by atoms with Crippen LogP contribution >= 0.6 is 0 Å². The minimum absolute atomic E-state index is 0.0000228. The van der Waals surface area contributed by atoms with Crippen LogP contribution in [0.15, 0.2) is 96.6 Å². The second-order valence-corrected chi connectivity index (χ2v) is 34.6. The van der Waals surface area contributed by atoms with Crippen LogP contribution in [0.1, 0.15) is 212 Å². The van der Waals surface area contributed by atoms with Crippen LogP contribution in [0.5, 0.6) is 5.75 Å². The molecular weight excluding hydrogens is 1710 g/mol. The van der Waals surface area contributed by atoms with Gasteiger partial charge in [-0.1, -0.05) is 148 Å². The molecule has 1 aliphatic rings. The van der Waals surface area contributed by atoms with Gasteiger partial charge in [0.15, 0.2) is 5.96 Å². The molecule has 40 heteroatoms. The summed E-state index contributed by atoms with van der Waals surface area (Å²) in [4.78, 5) is 225. The van der Waals surface area contributed by atoms with E-state index in [2.05, 4.69) is 90.7 Å². The maximum Gasteiger partial charge on any atom is 0.326 e. The van der Waals surface area contributed by atoms with Gasteiger partial charge >= 0.3 is 5.97 Å². The number of benzene rings is 3. The number of carboxylic acids is 1. The number of aromatic hydroxyl groups is 1. The number of para-hydroxylation sites is 1. The third-order valence-corrected chi connectivity index (χ3v) is 23.6. The Kier molecular flexibility index (Phi) is 45.6. The highest BCUT2D eigenvalue weighted by Crippen LogP contribution is 2.25. The van der Waals surface area contributed by atoms with Gasteiger partial charge < -0.3 is 111 Å². The first kappa shape index (κ1) is 107. The van der Waals surface area contributed by atoms with Crippen molar-refractivity contribution in [3.05, 3.63) is 119 Å². The van der Waals surface area contributed by atoms with E-state index in [4.69, 9.17) is 22.6 Å². The molecule has 10 atom stereocenters. The predicted molar refractivity (Wildman–Crippen MR) is 502 cm³/mol. The lowest BCUT2D eigenvalue weighted by atomic mass is 9.98. The van der Waals surface area contributed by atoms with Crippen molar-refractivity contribution >= 4 is 116 Å². The number of anilines is 1. The van der Waals surface area contributed by atoms with Crippen molar-refractivity contribution in [2.45, 2.75) is 275 Å². The Morgan fingerprint density at radius 1 is 0.526 bits per heavy atom. The SMILES string of the molecule is CCCCCCCCCCCCCCCC(=O)NCCC(=O)N[C@@H](CCC(=O)NCCCC[C@H](NC(=O)[C@@H](N)[C@@H](C)CC)C(=O)N1CCN(c2ccc3ncn(CC(=O)N[C@@H](CCCNC(=N)N)C(=O)N[C@@H](Cc4c[nH]cn4)C(=O)N[C@@H](Cc4ccc(O)cc4)C(=O)N[C@@H](CC(C)C)C(=O)N[C@@H](CC(N)=O)C(=O)N[C@@H](Cc4c[nH]c5ccccc45)C(=O)NC)c(=O)c3c2)CC1)C(=O)O. The number of nitrogens with two attached hydrogens (primary N) is 3. The van der Waals surface area contributed by atoms with E-state index in [9.17, 15) is 82.1 Å². The summed E-state index contributed by atoms with van der Waals surface area (Å²) in [6.07, 6.45) is 21.1. The fourth-order valence-electron chi connectivity index (χ4n) is 15.7. The van der Waals surface area contributed by atoms with E-state index in [1.54, 1.807) is 43.1 Å². The number of rotatable bonds is 61. The molecule has 23 N–H and O–H groups in total. The van der Waals surface area contributed by atoms with Crippen molar-refractivity contribution in [1.29, 1.82) is 5.41 Å². The van der Waals surface area contributed by atoms with Crippen LogP contribution in [0.3, 0.4) is 0 Å². The predicted octanol–water partition coefficient (Wildman–Crippen LogP) is 3.00. The van der Waals surface area contributed by atoms with E-state index in [0.29, 0.717) is 42.5 Å². The molecule has 3 aromatic carbocycles. The molecule has 0 aliphatic carbocycles. The molecule has 0 saturated carbocycles. The van der Waals surface area contributed by atoms with Crippen molar-refractivity contribution in [3.63, 3.8) is 0 Å². The molecule has 40 nitrogen and oxygen atoms in total. The summed E-state index contributed by atoms with van der Waals surface area (Å²) < 4.78 is 1.05. The van der Waals surface area contributed by atoms with E-state index < -0.39 is 144 Å². The zero-order valence-corrected chi connectivity index (χ0v) is 77.5. The number of unbranched alkanes of at least 4 members (excludes halogenated alkanes) is 13. The second-order valence-electron chi connectivity index (χ2n) is 34.6. The average Bonchev–Trinajstić information content (AvgIpc) is 1.74. The molecular formula is C93H139N23O17. The maximum atomic E-state index is 15.0. The number of guanidine groups is 1. The molecule has 6 aromatic rings. The smallest absolute Gasteiger partial charge is 0.326 e. The Hall–Kier alpha value is -13.0. The molecule has 13 amide bonds. The highest BCUT2D eigenvalue weighted by atomic mass is 16.4. The second kappa shape index (κ2) is 56.6. The first-order chi connectivity index (χ1) is 63.7. The molecule has 7 rings (SSSR count). The Morgan fingerprint density at radius 2 is 1.10 bits per heavy atom. The number of amides is 13. The molecule has 1 saturated heterocycles. The number of primary amides is 1. The van der Waals surface area contributed by atoms with Crippen LogP contribution in [0.4, 0.5) is 5.69 Å². The quantitative estimate of drug-likeness (QED) is 0.0148. The summed E-state index contributed by atoms with van der Waals surface area (Å²) in [5.41, 5.74) is 19.9. The van der Waals surface area contributed by atoms with Gasteiger partial charge in [-0.3, -0.25) is 77.1 Å². The largest absolute Gasteiger partial charge is 0.508 e. The topological polar surface area (TPSA) is 612 Å². The van der Waals surface area contributed by atoms with Gasteiger partial charge in [0.25, 0.3) is 5.56 Å². The average molecular weight is 1850 g/mol. The van der Waals surface area contributed by atoms with E-state index in [-0.39, 0.29) is 162 Å². The number of nitrogens with one attached hydrogen (secondary N) is 15. The molecule has 133 heavy (non-hydrogen) atoms. The Labute approximate surface area is 775 Å². The molecule has 1 fully saturated rings. The van der Waals surface area contributed by atoms with Gasteiger partial charge in [-0.25, -0.2) is 14.8 Å². The van der Waals surface area contributed by atoms with Gasteiger partial charge in [-0.05, 0) is 111 Å². The number of hydrogen-bond donors (Lipinski definition) is 20. The number of likely N-dealkylation sites (N-methyl/N-ethyl adjacent to an activating group) is 1. The number of hydrogen-bond acceptors (Lipinski definition) is 21. The Bertz CT molecular complexity index is 4880. The van der Waals surface area contributed by atoms with Crippen molar-refractivity contribution < 1.29 is 77.3 Å². The molecule has 3 aromatic heterocycles. The van der Waals surface area contributed by atoms with Crippen LogP contribution in [0, 0.1) is 17.2 Å². The fraction of sp³-hybridized carbons (Fsp3) is 0.570. The van der Waals surface area contributed by atoms with Crippen LogP contribution in [0.2, 0.25) is 0 Å². The first-order valence-electron chi connectivity index (χ1n) is 46.6. The van der Waals surface area contributed by atoms with Gasteiger partial charge in [0.05, 0.1) is 41.7 Å². The molecule has 1 aliphatic heterocycles. The van der Waals surface area contributed by atoms with E-state index in [1.807, 2.05) is 43.0 Å². The summed E-state index contributed by atoms with van der Waals surface area (Å²) in [6.45, 7) is 10.0. The number of aromatic nitrogens is 5. The number of piperazine rings is 1. The van der Waals surface area contributed by atoms with Gasteiger partial charge in [0.2, 0.25) is 76.8 Å². The number of fused-ring (bicyclic) bond motifs is 2. The maximum absolute atomic E-state index is 15.0. The molecule has 728 valence electrons. The number of H-pyrrole nitrogens is 2. The number of carboxylic acid groups (broad SMARTS) is 1. The molecule has 0 radical (unpaired) electrons. The number of phenols is 1. The number of carbonyl (C=O) groups is 14. The Morgan fingerprint density at radius 3 is 1.72 bits per heavy atom. The van der Waals surface area contributed by atoms with Gasteiger partial charge in [0.1, 0.15) is 60.6 Å². The minimum Gasteiger partial charge on any atom is -0.508 e. The van der Waals surface area contributed by atoms with Crippen LogP contribution in [-0.2, 0) is 92.9 Å². The third kappa shape index (κ3) is 37.3. The number of phenolic OH excluding ortho intramolecular Hbond substituents is 1. The minimum atomic E-state index is -1.66. The number of carbonyl (C=O) groups excluding carboxylic acids is 13. The number of imidazole rings is 1. The first-order valence-corrected chi connectivity index (χ1v) is 46.6. The van der Waals surface area contributed by atoms with Crippen molar-refractivity contribution in [2.75, 3.05) is 57.8 Å². The van der Waals surface area contributed by atoms with Crippen LogP contribution in [-0.4, -0.2) is 236 Å². The van der Waals surface area contributed by atoms with E-state index in [0.717, 1.165) is 41.2 Å². The highest BCUT2D eigenvalue weighted by Gasteiger charge is 2.37. The zero-order chi connectivity index (χ0) is 96.9. The standard InChI is InChI=1S/C93H139N23O17/c1-7-9-10-11-12-13-14-15-16-17-18-19-20-30-78(119)101-42-39-80(121)107-71(92(132)133)37-38-79(120)100-40-24-23-28-70(108-89(129)82(95)59(5)8-2)91(131)115-45-43-114(44-46-115)63-33-36-68-66(51-63)90(130)116(57-105-68)55-81(122)106-69(29-25-41-102-93(96)97)84(124)112-75(50-62-54-99-56-104-62)87(127)110-73(48-60-31-34-64(117)35-32-60)86(126)109-72(47-58(3)4)85(125)113-76(52-77(94)118)88(128)111-74(83(123)98-6)49-61-53-103-67-27-22-21-26-65(61)67/h21-22,26-27,31-36,51,53-54,56-59,69-76,82,103,117H,7-20,23-25,28-30,37-50,52,55,95H2,1-6H3,(H2,94,118)(H,98,123)(H,99,104)(H,100,120)(H,101,119)(H,106,122)(H,107,121)(H,108,129)(H,109,126)(H,110,127)(H,111,128)(H,112,124)(H,113,125)(H,132,133)(H4,96,97,102)/t59-,69-,70-,71-,72-,73-,74-,75-,76-,82-/m0/s1. The lowest BCUT2D eigenvalue weighted by Crippen LogP contribution is -2.60.